The molecule has 1 atom stereocenters. The van der Waals surface area contributed by atoms with Crippen molar-refractivity contribution >= 4 is 23.2 Å². The van der Waals surface area contributed by atoms with Crippen LogP contribution in [0, 0.1) is 0 Å². The Bertz CT molecular complexity index is 874. The standard InChI is InChI=1S/C19H17Cl2N3O2/c1-12(7-13-3-5-15(25-2)6-4-13)16-8-14(20)9-17(21)18(16)26-19-23-10-22-11-24-19/h3-6,8-12H,7H2,1-2H3. The van der Waals surface area contributed by atoms with Crippen LogP contribution in [0.25, 0.3) is 0 Å². The van der Waals surface area contributed by atoms with Crippen molar-refractivity contribution in [3.05, 3.63) is 70.2 Å². The summed E-state index contributed by atoms with van der Waals surface area (Å²) in [7, 11) is 1.65. The van der Waals surface area contributed by atoms with E-state index in [0.717, 1.165) is 17.7 Å². The van der Waals surface area contributed by atoms with Crippen LogP contribution < -0.4 is 9.47 Å². The lowest BCUT2D eigenvalue weighted by Crippen LogP contribution is -2.03. The molecule has 7 heteroatoms. The van der Waals surface area contributed by atoms with Gasteiger partial charge in [-0.1, -0.05) is 42.3 Å². The molecule has 0 fully saturated rings. The summed E-state index contributed by atoms with van der Waals surface area (Å²) in [6.45, 7) is 2.09. The van der Waals surface area contributed by atoms with Crippen molar-refractivity contribution in [1.82, 2.24) is 15.0 Å². The van der Waals surface area contributed by atoms with E-state index in [4.69, 9.17) is 32.7 Å². The molecule has 2 aromatic carbocycles. The van der Waals surface area contributed by atoms with E-state index in [9.17, 15) is 0 Å². The zero-order valence-electron chi connectivity index (χ0n) is 14.3. The van der Waals surface area contributed by atoms with Crippen molar-refractivity contribution in [3.8, 4) is 17.5 Å². The van der Waals surface area contributed by atoms with Crippen LogP contribution in [-0.2, 0) is 6.42 Å². The second-order valence-electron chi connectivity index (χ2n) is 5.78. The molecule has 0 aliphatic heterocycles. The Balaban J connectivity index is 1.89. The Morgan fingerprint density at radius 1 is 1.04 bits per heavy atom. The zero-order chi connectivity index (χ0) is 18.5. The number of hydrogen-bond donors (Lipinski definition) is 0. The molecule has 0 N–H and O–H groups in total. The van der Waals surface area contributed by atoms with Gasteiger partial charge in [0.05, 0.1) is 12.1 Å². The van der Waals surface area contributed by atoms with Gasteiger partial charge >= 0.3 is 6.01 Å². The van der Waals surface area contributed by atoms with E-state index in [1.54, 1.807) is 13.2 Å². The Hall–Kier alpha value is -2.37. The van der Waals surface area contributed by atoms with Gasteiger partial charge in [-0.3, -0.25) is 0 Å². The van der Waals surface area contributed by atoms with Gasteiger partial charge in [0, 0.05) is 10.6 Å². The molecule has 26 heavy (non-hydrogen) atoms. The molecule has 134 valence electrons. The van der Waals surface area contributed by atoms with Gasteiger partial charge in [-0.2, -0.15) is 9.97 Å². The first-order valence-electron chi connectivity index (χ1n) is 7.98. The van der Waals surface area contributed by atoms with E-state index in [-0.39, 0.29) is 11.9 Å². The quantitative estimate of drug-likeness (QED) is 0.570. The number of benzene rings is 2. The van der Waals surface area contributed by atoms with Crippen molar-refractivity contribution in [2.75, 3.05) is 7.11 Å². The molecule has 0 saturated carbocycles. The molecule has 0 aliphatic carbocycles. The molecule has 0 saturated heterocycles. The lowest BCUT2D eigenvalue weighted by molar-refractivity contribution is 0.414. The van der Waals surface area contributed by atoms with Crippen LogP contribution in [0.2, 0.25) is 10.0 Å². The molecule has 0 aliphatic rings. The molecule has 3 aromatic rings. The van der Waals surface area contributed by atoms with Crippen LogP contribution in [0.5, 0.6) is 17.5 Å². The number of nitrogens with zero attached hydrogens (tertiary/aromatic N) is 3. The molecule has 1 unspecified atom stereocenters. The third-order valence-corrected chi connectivity index (χ3v) is 4.43. The second kappa shape index (κ2) is 8.34. The first-order valence-corrected chi connectivity index (χ1v) is 8.74. The second-order valence-corrected chi connectivity index (χ2v) is 6.63. The summed E-state index contributed by atoms with van der Waals surface area (Å²) in [5, 5.41) is 0.962. The summed E-state index contributed by atoms with van der Waals surface area (Å²) >= 11 is 12.6. The topological polar surface area (TPSA) is 57.1 Å². The number of rotatable bonds is 6. The SMILES string of the molecule is COc1ccc(CC(C)c2cc(Cl)cc(Cl)c2Oc2ncncn2)cc1. The van der Waals surface area contributed by atoms with E-state index in [1.807, 2.05) is 30.3 Å². The Kier molecular flexibility index (Phi) is 5.91. The van der Waals surface area contributed by atoms with Gasteiger partial charge < -0.3 is 9.47 Å². The number of methoxy groups -OCH3 is 1. The molecule has 1 aromatic heterocycles. The minimum Gasteiger partial charge on any atom is -0.497 e. The van der Waals surface area contributed by atoms with Crippen LogP contribution in [0.4, 0.5) is 0 Å². The smallest absolute Gasteiger partial charge is 0.324 e. The normalized spacial score (nSPS) is 11.8. The van der Waals surface area contributed by atoms with Gasteiger partial charge in [-0.25, -0.2) is 4.98 Å². The molecule has 5 nitrogen and oxygen atoms in total. The molecule has 0 radical (unpaired) electrons. The highest BCUT2D eigenvalue weighted by atomic mass is 35.5. The van der Waals surface area contributed by atoms with Crippen molar-refractivity contribution in [2.45, 2.75) is 19.3 Å². The van der Waals surface area contributed by atoms with Crippen LogP contribution in [0.1, 0.15) is 24.0 Å². The van der Waals surface area contributed by atoms with Gasteiger partial charge in [-0.05, 0) is 42.2 Å². The fourth-order valence-corrected chi connectivity index (χ4v) is 3.20. The fraction of sp³-hybridized carbons (Fsp3) is 0.211. The minimum atomic E-state index is 0.108. The summed E-state index contributed by atoms with van der Waals surface area (Å²) in [5.74, 6) is 1.44. The van der Waals surface area contributed by atoms with Crippen molar-refractivity contribution < 1.29 is 9.47 Å². The predicted octanol–water partition coefficient (Wildman–Crippen LogP) is 5.33. The molecule has 0 amide bonds. The van der Waals surface area contributed by atoms with Gasteiger partial charge in [0.15, 0.2) is 5.75 Å². The molecule has 0 bridgehead atoms. The summed E-state index contributed by atoms with van der Waals surface area (Å²) < 4.78 is 11.0. The third kappa shape index (κ3) is 4.42. The molecule has 1 heterocycles. The number of halogens is 2. The summed E-state index contributed by atoms with van der Waals surface area (Å²) in [5.41, 5.74) is 2.05. The van der Waals surface area contributed by atoms with Gasteiger partial charge in [0.2, 0.25) is 0 Å². The monoisotopic (exact) mass is 389 g/mol. The van der Waals surface area contributed by atoms with E-state index < -0.39 is 0 Å². The average molecular weight is 390 g/mol. The number of aromatic nitrogens is 3. The van der Waals surface area contributed by atoms with Crippen molar-refractivity contribution in [1.29, 1.82) is 0 Å². The van der Waals surface area contributed by atoms with Crippen LogP contribution >= 0.6 is 23.2 Å². The Morgan fingerprint density at radius 2 is 1.73 bits per heavy atom. The molecule has 3 rings (SSSR count). The minimum absolute atomic E-state index is 0.108. The summed E-state index contributed by atoms with van der Waals surface area (Å²) in [6.07, 6.45) is 3.52. The third-order valence-electron chi connectivity index (χ3n) is 3.93. The molecular weight excluding hydrogens is 373 g/mol. The lowest BCUT2D eigenvalue weighted by Gasteiger charge is -2.18. The van der Waals surface area contributed by atoms with Crippen LogP contribution in [-0.4, -0.2) is 22.1 Å². The number of hydrogen-bond acceptors (Lipinski definition) is 5. The largest absolute Gasteiger partial charge is 0.497 e. The van der Waals surface area contributed by atoms with E-state index in [0.29, 0.717) is 15.8 Å². The van der Waals surface area contributed by atoms with Crippen LogP contribution in [0.15, 0.2) is 49.1 Å². The van der Waals surface area contributed by atoms with Gasteiger partial charge in [0.1, 0.15) is 18.4 Å². The number of ether oxygens (including phenoxy) is 2. The lowest BCUT2D eigenvalue weighted by atomic mass is 9.93. The maximum absolute atomic E-state index is 6.37. The van der Waals surface area contributed by atoms with Gasteiger partial charge in [0.25, 0.3) is 0 Å². The maximum atomic E-state index is 6.37. The summed E-state index contributed by atoms with van der Waals surface area (Å²) in [6, 6.07) is 11.6. The van der Waals surface area contributed by atoms with Crippen LogP contribution in [0.3, 0.4) is 0 Å². The van der Waals surface area contributed by atoms with E-state index in [1.165, 1.54) is 18.2 Å². The molecule has 0 spiro atoms. The van der Waals surface area contributed by atoms with E-state index in [2.05, 4.69) is 21.9 Å². The van der Waals surface area contributed by atoms with Crippen molar-refractivity contribution in [3.63, 3.8) is 0 Å². The average Bonchev–Trinajstić information content (AvgIpc) is 2.65. The highest BCUT2D eigenvalue weighted by molar-refractivity contribution is 6.35. The fourth-order valence-electron chi connectivity index (χ4n) is 2.65. The molecular formula is C19H17Cl2N3O2. The van der Waals surface area contributed by atoms with Crippen molar-refractivity contribution in [2.24, 2.45) is 0 Å². The van der Waals surface area contributed by atoms with Gasteiger partial charge in [-0.15, -0.1) is 0 Å². The van der Waals surface area contributed by atoms with E-state index >= 15 is 0 Å². The Labute approximate surface area is 161 Å². The maximum Gasteiger partial charge on any atom is 0.324 e. The highest BCUT2D eigenvalue weighted by Crippen LogP contribution is 2.39. The first kappa shape index (κ1) is 18.4. The summed E-state index contributed by atoms with van der Waals surface area (Å²) in [4.78, 5) is 11.8. The Morgan fingerprint density at radius 3 is 2.38 bits per heavy atom. The first-order chi connectivity index (χ1) is 12.6. The zero-order valence-corrected chi connectivity index (χ0v) is 15.8. The predicted molar refractivity (Wildman–Crippen MR) is 101 cm³/mol. The highest BCUT2D eigenvalue weighted by Gasteiger charge is 2.18.